The van der Waals surface area contributed by atoms with Gasteiger partial charge in [0.2, 0.25) is 0 Å². The Bertz CT molecular complexity index is 26.7. The first-order valence-electron chi connectivity index (χ1n) is 1.49. The maximum absolute atomic E-state index is 4.87. The lowest BCUT2D eigenvalue weighted by Crippen LogP contribution is -2.44. The summed E-state index contributed by atoms with van der Waals surface area (Å²) in [4.78, 5) is 0. The van der Waals surface area contributed by atoms with Crippen LogP contribution in [-0.4, -0.2) is 5.91 Å². The van der Waals surface area contributed by atoms with Crippen LogP contribution in [-0.2, 0) is 0 Å². The molecular formula is CH9N4P. The van der Waals surface area contributed by atoms with Crippen molar-refractivity contribution in [2.45, 2.75) is 5.91 Å². The average Bonchev–Trinajstić information content (AvgIpc) is 1.65. The molecule has 1 unspecified atom stereocenters. The van der Waals surface area contributed by atoms with Crippen molar-refractivity contribution in [1.82, 2.24) is 10.9 Å². The molecule has 0 aromatic carbocycles. The molecule has 0 spiro atoms. The van der Waals surface area contributed by atoms with Gasteiger partial charge in [-0.05, 0) is 0 Å². The minimum atomic E-state index is -0.0926. The first-order chi connectivity index (χ1) is 2.81. The van der Waals surface area contributed by atoms with Crippen LogP contribution in [0.3, 0.4) is 0 Å². The first kappa shape index (κ1) is 6.27. The van der Waals surface area contributed by atoms with Gasteiger partial charge in [0.1, 0.15) is 0 Å². The Hall–Kier alpha value is 0.270. The molecule has 38 valence electrons. The quantitative estimate of drug-likeness (QED) is 0.144. The van der Waals surface area contributed by atoms with Gasteiger partial charge in [-0.1, -0.05) is 0 Å². The third-order valence-electron chi connectivity index (χ3n) is 0.359. The Kier molecular flexibility index (Phi) is 3.62. The Morgan fingerprint density at radius 2 is 1.67 bits per heavy atom. The van der Waals surface area contributed by atoms with E-state index in [0.717, 1.165) is 0 Å². The van der Waals surface area contributed by atoms with Gasteiger partial charge >= 0.3 is 0 Å². The van der Waals surface area contributed by atoms with Crippen LogP contribution in [0.25, 0.3) is 0 Å². The van der Waals surface area contributed by atoms with E-state index in [-0.39, 0.29) is 5.91 Å². The number of rotatable bonds is 2. The van der Waals surface area contributed by atoms with E-state index >= 15 is 0 Å². The molecular weight excluding hydrogens is 99.0 g/mol. The largest absolute Gasteiger partial charge is 0.270 e. The second-order valence-corrected chi connectivity index (χ2v) is 1.48. The standard InChI is InChI=1S/CH9N4P/c2-4-1(6)5-3/h1,4-5H,2-3,6H2. The predicted octanol–water partition coefficient (Wildman–Crippen LogP) is -1.93. The summed E-state index contributed by atoms with van der Waals surface area (Å²) in [5.74, 6) is 9.65. The Morgan fingerprint density at radius 1 is 1.33 bits per heavy atom. The van der Waals surface area contributed by atoms with Gasteiger partial charge in [-0.2, -0.15) is 0 Å². The molecule has 1 atom stereocenters. The number of nitrogens with two attached hydrogens (primary N) is 2. The zero-order valence-electron chi connectivity index (χ0n) is 3.31. The molecule has 6 N–H and O–H groups in total. The van der Waals surface area contributed by atoms with Gasteiger partial charge < -0.3 is 0 Å². The van der Waals surface area contributed by atoms with Crippen LogP contribution in [0.5, 0.6) is 0 Å². The molecule has 4 nitrogen and oxygen atoms in total. The molecule has 0 aliphatic heterocycles. The van der Waals surface area contributed by atoms with Crippen LogP contribution in [0, 0.1) is 0 Å². The molecule has 0 aliphatic carbocycles. The van der Waals surface area contributed by atoms with Crippen molar-refractivity contribution in [3.63, 3.8) is 0 Å². The van der Waals surface area contributed by atoms with E-state index in [4.69, 9.17) is 11.7 Å². The zero-order valence-corrected chi connectivity index (χ0v) is 4.46. The van der Waals surface area contributed by atoms with E-state index < -0.39 is 0 Å². The second-order valence-electron chi connectivity index (χ2n) is 0.811. The molecule has 0 bridgehead atoms. The van der Waals surface area contributed by atoms with Gasteiger partial charge in [-0.3, -0.25) is 11.7 Å². The van der Waals surface area contributed by atoms with Crippen LogP contribution < -0.4 is 22.5 Å². The molecule has 0 saturated heterocycles. The Morgan fingerprint density at radius 3 is 1.67 bits per heavy atom. The maximum atomic E-state index is 4.87. The third-order valence-corrected chi connectivity index (χ3v) is 0.744. The fourth-order valence-electron chi connectivity index (χ4n) is 0.0481. The summed E-state index contributed by atoms with van der Waals surface area (Å²) in [6, 6.07) is 0. The highest BCUT2D eigenvalue weighted by Crippen LogP contribution is 1.80. The lowest BCUT2D eigenvalue weighted by atomic mass is 11.2. The zero-order chi connectivity index (χ0) is 4.99. The Balaban J connectivity index is 2.75. The summed E-state index contributed by atoms with van der Waals surface area (Å²) in [7, 11) is 2.34. The molecule has 0 amide bonds. The number of nitrogens with one attached hydrogen (secondary N) is 2. The smallest absolute Gasteiger partial charge is 0.0962 e. The maximum Gasteiger partial charge on any atom is 0.0962 e. The SMILES string of the molecule is NNC(P)NN. The molecule has 0 rings (SSSR count). The molecule has 0 fully saturated rings. The summed E-state index contributed by atoms with van der Waals surface area (Å²) in [6.45, 7) is 0. The van der Waals surface area contributed by atoms with Crippen molar-refractivity contribution in [1.29, 1.82) is 0 Å². The minimum absolute atomic E-state index is 0.0926. The van der Waals surface area contributed by atoms with Crippen molar-refractivity contribution in [3.8, 4) is 0 Å². The lowest BCUT2D eigenvalue weighted by molar-refractivity contribution is 0.578. The normalized spacial score (nSPS) is 10.0. The van der Waals surface area contributed by atoms with Crippen molar-refractivity contribution in [2.75, 3.05) is 0 Å². The van der Waals surface area contributed by atoms with E-state index in [1.54, 1.807) is 0 Å². The molecule has 5 heteroatoms. The molecule has 0 aliphatic rings. The summed E-state index contributed by atoms with van der Waals surface area (Å²) in [5, 5.41) is 0. The van der Waals surface area contributed by atoms with E-state index in [2.05, 4.69) is 20.1 Å². The molecule has 0 aromatic rings. The third kappa shape index (κ3) is 2.50. The molecule has 0 saturated carbocycles. The van der Waals surface area contributed by atoms with Gasteiger partial charge in [0.05, 0.1) is 5.91 Å². The fourth-order valence-corrected chi connectivity index (χ4v) is 0.0481. The number of hydrogen-bond donors (Lipinski definition) is 4. The molecule has 0 radical (unpaired) electrons. The highest BCUT2D eigenvalue weighted by Gasteiger charge is 1.85. The molecule has 0 aromatic heterocycles. The van der Waals surface area contributed by atoms with E-state index in [9.17, 15) is 0 Å². The van der Waals surface area contributed by atoms with Gasteiger partial charge in [0.25, 0.3) is 0 Å². The summed E-state index contributed by atoms with van der Waals surface area (Å²) < 4.78 is 0. The van der Waals surface area contributed by atoms with Crippen molar-refractivity contribution >= 4 is 9.24 Å². The van der Waals surface area contributed by atoms with Crippen LogP contribution >= 0.6 is 9.24 Å². The predicted molar refractivity (Wildman–Crippen MR) is 28.1 cm³/mol. The van der Waals surface area contributed by atoms with E-state index in [0.29, 0.717) is 0 Å². The van der Waals surface area contributed by atoms with Crippen molar-refractivity contribution in [3.05, 3.63) is 0 Å². The Labute approximate surface area is 38.8 Å². The second kappa shape index (κ2) is 3.46. The van der Waals surface area contributed by atoms with Crippen molar-refractivity contribution in [2.24, 2.45) is 11.7 Å². The lowest BCUT2D eigenvalue weighted by Gasteiger charge is -2.04. The first-order valence-corrected chi connectivity index (χ1v) is 2.15. The van der Waals surface area contributed by atoms with Crippen LogP contribution in [0.15, 0.2) is 0 Å². The monoisotopic (exact) mass is 108 g/mol. The summed E-state index contributed by atoms with van der Waals surface area (Å²) >= 11 is 0. The summed E-state index contributed by atoms with van der Waals surface area (Å²) in [5.41, 5.74) is 4.68. The van der Waals surface area contributed by atoms with E-state index in [1.807, 2.05) is 0 Å². The van der Waals surface area contributed by atoms with Gasteiger partial charge in [0.15, 0.2) is 0 Å². The van der Waals surface area contributed by atoms with Gasteiger partial charge in [-0.15, -0.1) is 9.24 Å². The topological polar surface area (TPSA) is 76.1 Å². The van der Waals surface area contributed by atoms with Gasteiger partial charge in [-0.25, -0.2) is 10.9 Å². The number of hydrazine groups is 2. The highest BCUT2D eigenvalue weighted by molar-refractivity contribution is 7.17. The number of hydrogen-bond acceptors (Lipinski definition) is 4. The van der Waals surface area contributed by atoms with Crippen molar-refractivity contribution < 1.29 is 0 Å². The highest BCUT2D eigenvalue weighted by atomic mass is 31.0. The minimum Gasteiger partial charge on any atom is -0.270 e. The molecule has 0 heterocycles. The van der Waals surface area contributed by atoms with E-state index in [1.165, 1.54) is 0 Å². The van der Waals surface area contributed by atoms with Crippen LogP contribution in [0.1, 0.15) is 0 Å². The fraction of sp³-hybridized carbons (Fsp3) is 1.00. The average molecular weight is 108 g/mol. The van der Waals surface area contributed by atoms with Crippen LogP contribution in [0.2, 0.25) is 0 Å². The van der Waals surface area contributed by atoms with Crippen LogP contribution in [0.4, 0.5) is 0 Å². The molecule has 6 heavy (non-hydrogen) atoms. The summed E-state index contributed by atoms with van der Waals surface area (Å²) in [6.07, 6.45) is 0. The van der Waals surface area contributed by atoms with Gasteiger partial charge in [0, 0.05) is 0 Å².